The van der Waals surface area contributed by atoms with Crippen molar-refractivity contribution >= 4 is 48.1 Å². The van der Waals surface area contributed by atoms with Gasteiger partial charge in [-0.3, -0.25) is 10.1 Å². The van der Waals surface area contributed by atoms with Crippen LogP contribution in [0.25, 0.3) is 0 Å². The van der Waals surface area contributed by atoms with Gasteiger partial charge in [0.15, 0.2) is 0 Å². The zero-order valence-corrected chi connectivity index (χ0v) is 21.3. The van der Waals surface area contributed by atoms with Crippen LogP contribution >= 0.6 is 17.8 Å². The summed E-state index contributed by atoms with van der Waals surface area (Å²) < 4.78 is 10.4. The molecule has 2 rings (SSSR count). The van der Waals surface area contributed by atoms with Crippen molar-refractivity contribution in [3.05, 3.63) is 95.1 Å². The van der Waals surface area contributed by atoms with Gasteiger partial charge in [0.2, 0.25) is 0 Å². The normalized spacial score (nSPS) is 8.71. The van der Waals surface area contributed by atoms with Crippen molar-refractivity contribution in [1.29, 1.82) is 0 Å². The summed E-state index contributed by atoms with van der Waals surface area (Å²) >= 11 is -0.826. The van der Waals surface area contributed by atoms with E-state index in [4.69, 9.17) is 33.0 Å². The van der Waals surface area contributed by atoms with Crippen molar-refractivity contribution in [1.82, 2.24) is 0 Å². The molecule has 11 heteroatoms. The van der Waals surface area contributed by atoms with Gasteiger partial charge in [0.1, 0.15) is 0 Å². The average molecular weight is 582 g/mol. The maximum absolute atomic E-state index is 10.4. The Bertz CT molecular complexity index is 753. The summed E-state index contributed by atoms with van der Waals surface area (Å²) in [6, 6.07) is 14.1. The van der Waals surface area contributed by atoms with Gasteiger partial charge in [-0.15, -0.1) is 13.2 Å². The van der Waals surface area contributed by atoms with Crippen LogP contribution in [0.1, 0.15) is 11.1 Å². The van der Waals surface area contributed by atoms with Crippen molar-refractivity contribution in [3.8, 4) is 0 Å². The zero-order valence-electron chi connectivity index (χ0n) is 16.9. The summed E-state index contributed by atoms with van der Waals surface area (Å²) in [5, 5.41) is 10.4. The Morgan fingerprint density at radius 2 is 1.42 bits per heavy atom. The number of nitrogens with two attached hydrogens (primary N) is 1. The standard InChI is InChI=1S/C10H11NO3.C10H13NO.2ClH.2H2O.Sn/c1-2-6-14-8-9-4-3-5-10(7-9)11(12)13;1-2-6-12-8-9-4-3-5-10(11)7-9;;;;;/h2-5,7H,1,6,8H2;2-5,7H,1,6,8,11H2;2*1H;2*1H2;/q;;;;;;+2/p-2. The summed E-state index contributed by atoms with van der Waals surface area (Å²) in [7, 11) is 9.87. The molecule has 0 bridgehead atoms. The number of anilines is 1. The van der Waals surface area contributed by atoms with Crippen LogP contribution in [0.4, 0.5) is 11.4 Å². The number of nitro groups is 1. The van der Waals surface area contributed by atoms with Crippen LogP contribution in [0.3, 0.4) is 0 Å². The predicted molar refractivity (Wildman–Crippen MR) is 128 cm³/mol. The molecule has 2 aromatic carbocycles. The molecule has 2 aromatic rings. The van der Waals surface area contributed by atoms with Crippen LogP contribution in [0, 0.1) is 10.1 Å². The minimum atomic E-state index is -0.826. The maximum atomic E-state index is 10.4. The van der Waals surface area contributed by atoms with Crippen LogP contribution in [0.5, 0.6) is 0 Å². The molecule has 0 atom stereocenters. The second-order valence-electron chi connectivity index (χ2n) is 5.35. The van der Waals surface area contributed by atoms with Crippen molar-refractivity contribution < 1.29 is 25.3 Å². The van der Waals surface area contributed by atoms with E-state index in [-0.39, 0.29) is 16.6 Å². The molecule has 6 N–H and O–H groups in total. The Balaban J connectivity index is -0.000000427. The van der Waals surface area contributed by atoms with E-state index in [0.717, 1.165) is 16.8 Å². The Hall–Kier alpha value is -1.66. The molecule has 0 saturated heterocycles. The van der Waals surface area contributed by atoms with Crippen molar-refractivity contribution in [3.63, 3.8) is 0 Å². The van der Waals surface area contributed by atoms with Gasteiger partial charge in [0, 0.05) is 17.8 Å². The number of rotatable bonds is 9. The van der Waals surface area contributed by atoms with Crippen molar-refractivity contribution in [2.75, 3.05) is 18.9 Å². The number of ether oxygens (including phenoxy) is 2. The summed E-state index contributed by atoms with van der Waals surface area (Å²) in [5.41, 5.74) is 8.33. The van der Waals surface area contributed by atoms with E-state index in [1.54, 1.807) is 24.3 Å². The summed E-state index contributed by atoms with van der Waals surface area (Å²) in [5.74, 6) is 0. The molecule has 0 unspecified atom stereocenters. The fourth-order valence-electron chi connectivity index (χ4n) is 1.96. The predicted octanol–water partition coefficient (Wildman–Crippen LogP) is 3.62. The van der Waals surface area contributed by atoms with Crippen LogP contribution in [-0.4, -0.2) is 48.0 Å². The third kappa shape index (κ3) is 18.8. The average Bonchev–Trinajstić information content (AvgIpc) is 2.70. The number of hydrogen-bond donors (Lipinski definition) is 1. The number of non-ortho nitro benzene ring substituents is 1. The molecule has 0 saturated carbocycles. The van der Waals surface area contributed by atoms with E-state index < -0.39 is 23.8 Å². The number of benzene rings is 2. The molecule has 0 fully saturated rings. The molecule has 31 heavy (non-hydrogen) atoms. The van der Waals surface area contributed by atoms with Crippen LogP contribution < -0.4 is 5.73 Å². The van der Waals surface area contributed by atoms with E-state index in [0.29, 0.717) is 26.4 Å². The van der Waals surface area contributed by atoms with Gasteiger partial charge in [-0.2, -0.15) is 0 Å². The fraction of sp³-hybridized carbons (Fsp3) is 0.200. The fourth-order valence-corrected chi connectivity index (χ4v) is 1.96. The third-order valence-corrected chi connectivity index (χ3v) is 3.08. The topological polar surface area (TPSA) is 151 Å². The second-order valence-corrected chi connectivity index (χ2v) is 9.59. The summed E-state index contributed by atoms with van der Waals surface area (Å²) in [6.45, 7) is 9.05. The molecular formula is C20H28Cl2N2O6Sn. The molecule has 0 aromatic heterocycles. The van der Waals surface area contributed by atoms with Crippen molar-refractivity contribution in [2.45, 2.75) is 13.2 Å². The molecule has 0 spiro atoms. The number of nitrogens with zero attached hydrogens (tertiary/aromatic N) is 1. The Morgan fingerprint density at radius 3 is 1.84 bits per heavy atom. The molecule has 0 aliphatic heterocycles. The van der Waals surface area contributed by atoms with Gasteiger partial charge in [-0.25, -0.2) is 0 Å². The first kappa shape index (κ1) is 34.0. The Kier molecular flexibility index (Phi) is 25.2. The molecule has 0 amide bonds. The first-order valence-corrected chi connectivity index (χ1v) is 15.6. The molecule has 172 valence electrons. The molecule has 0 aliphatic carbocycles. The molecular weight excluding hydrogens is 554 g/mol. The zero-order chi connectivity index (χ0) is 21.9. The molecule has 0 heterocycles. The van der Waals surface area contributed by atoms with Gasteiger partial charge in [-0.05, 0) is 23.3 Å². The summed E-state index contributed by atoms with van der Waals surface area (Å²) in [6.07, 6.45) is 3.36. The second kappa shape index (κ2) is 23.0. The molecule has 8 nitrogen and oxygen atoms in total. The van der Waals surface area contributed by atoms with Gasteiger partial charge < -0.3 is 26.2 Å². The number of nitro benzene ring substituents is 1. The van der Waals surface area contributed by atoms with E-state index in [1.165, 1.54) is 12.1 Å². The molecule has 0 aliphatic rings. The number of halogens is 2. The first-order chi connectivity index (χ1) is 14.0. The van der Waals surface area contributed by atoms with Gasteiger partial charge >= 0.3 is 36.7 Å². The van der Waals surface area contributed by atoms with Crippen LogP contribution in [0.2, 0.25) is 0 Å². The SMILES string of the molecule is C=CCOCc1cccc(N)c1.C=CCOCc1cccc([N+](=O)[O-])c1.O.O.[Cl][Sn][Cl]. The van der Waals surface area contributed by atoms with Gasteiger partial charge in [0.25, 0.3) is 5.69 Å². The number of nitrogen functional groups attached to an aromatic ring is 1. The van der Waals surface area contributed by atoms with Crippen molar-refractivity contribution in [2.24, 2.45) is 0 Å². The quantitative estimate of drug-likeness (QED) is 0.120. The summed E-state index contributed by atoms with van der Waals surface area (Å²) in [4.78, 5) is 10.0. The third-order valence-electron chi connectivity index (χ3n) is 3.08. The number of hydrogen-bond acceptors (Lipinski definition) is 5. The monoisotopic (exact) mass is 582 g/mol. The Labute approximate surface area is 200 Å². The van der Waals surface area contributed by atoms with Crippen LogP contribution in [-0.2, 0) is 22.7 Å². The molecule has 2 radical (unpaired) electrons. The van der Waals surface area contributed by atoms with Gasteiger partial charge in [-0.1, -0.05) is 36.4 Å². The minimum absolute atomic E-state index is 0. The van der Waals surface area contributed by atoms with Crippen LogP contribution in [0.15, 0.2) is 73.8 Å². The van der Waals surface area contributed by atoms with E-state index in [2.05, 4.69) is 13.2 Å². The van der Waals surface area contributed by atoms with E-state index in [9.17, 15) is 10.1 Å². The van der Waals surface area contributed by atoms with E-state index >= 15 is 0 Å². The van der Waals surface area contributed by atoms with Gasteiger partial charge in [0.05, 0.1) is 31.4 Å². The Morgan fingerprint density at radius 1 is 0.968 bits per heavy atom. The van der Waals surface area contributed by atoms with E-state index in [1.807, 2.05) is 24.3 Å². The first-order valence-electron chi connectivity index (χ1n) is 8.39.